The minimum absolute atomic E-state index is 0.00727. The molecule has 4 bridgehead atoms. The summed E-state index contributed by atoms with van der Waals surface area (Å²) in [5.41, 5.74) is 0.763. The van der Waals surface area contributed by atoms with E-state index in [1.54, 1.807) is 12.1 Å². The molecule has 0 spiro atoms. The predicted octanol–water partition coefficient (Wildman–Crippen LogP) is 7.65. The molecule has 7 rings (SSSR count). The fourth-order valence-corrected chi connectivity index (χ4v) is 8.15. The zero-order valence-electron chi connectivity index (χ0n) is 26.8. The number of ether oxygens (including phenoxy) is 2. The number of rotatable bonds is 10. The van der Waals surface area contributed by atoms with Gasteiger partial charge in [-0.1, -0.05) is 30.3 Å². The summed E-state index contributed by atoms with van der Waals surface area (Å²) in [7, 11) is 3.75. The first-order valence-electron chi connectivity index (χ1n) is 16.1. The summed E-state index contributed by atoms with van der Waals surface area (Å²) in [6.45, 7) is 2.65. The maximum absolute atomic E-state index is 14.0. The number of halogens is 3. The number of carbonyl (C=O) groups excluding carboxylic acids is 1. The number of nitrogens with one attached hydrogen (secondary N) is 1. The van der Waals surface area contributed by atoms with Crippen LogP contribution in [0.5, 0.6) is 5.75 Å². The molecule has 4 saturated carbocycles. The molecular weight excluding hydrogens is 611 g/mol. The Labute approximate surface area is 272 Å². The quantitative estimate of drug-likeness (QED) is 0.132. The van der Waals surface area contributed by atoms with Crippen molar-refractivity contribution in [1.29, 1.82) is 0 Å². The van der Waals surface area contributed by atoms with Crippen molar-refractivity contribution in [2.75, 3.05) is 27.2 Å². The van der Waals surface area contributed by atoms with Crippen molar-refractivity contribution < 1.29 is 37.3 Å². The van der Waals surface area contributed by atoms with Gasteiger partial charge < -0.3 is 24.8 Å². The Morgan fingerprint density at radius 2 is 1.66 bits per heavy atom. The molecule has 2 aromatic carbocycles. The monoisotopic (exact) mass is 651 g/mol. The van der Waals surface area contributed by atoms with Crippen LogP contribution in [0.3, 0.4) is 0 Å². The summed E-state index contributed by atoms with van der Waals surface area (Å²) < 4.78 is 53.4. The molecule has 0 radical (unpaired) electrons. The van der Waals surface area contributed by atoms with Gasteiger partial charge in [-0.2, -0.15) is 13.2 Å². The van der Waals surface area contributed by atoms with Crippen molar-refractivity contribution in [3.8, 4) is 28.1 Å². The van der Waals surface area contributed by atoms with Crippen LogP contribution in [0.1, 0.15) is 60.1 Å². The van der Waals surface area contributed by atoms with Crippen molar-refractivity contribution in [2.45, 2.75) is 57.3 Å². The molecule has 2 N–H and O–H groups in total. The van der Waals surface area contributed by atoms with E-state index in [9.17, 15) is 27.9 Å². The molecule has 47 heavy (non-hydrogen) atoms. The number of aryl methyl sites for hydroxylation is 1. The predicted molar refractivity (Wildman–Crippen MR) is 170 cm³/mol. The SMILES string of the molecule is Cc1ccccc1-c1ccc(C(=O)NC2(OC(=O)O)C3CC4CC(C3)CC2C4)nc1-c1ccc(C(F)(F)F)c(OCCCN(C)C)c1. The zero-order chi connectivity index (χ0) is 33.5. The number of carbonyl (C=O) groups is 2. The Bertz CT molecular complexity index is 1630. The van der Waals surface area contributed by atoms with Gasteiger partial charge in [-0.05, 0) is 107 Å². The summed E-state index contributed by atoms with van der Waals surface area (Å²) in [6, 6.07) is 14.5. The molecule has 0 aliphatic heterocycles. The first-order chi connectivity index (χ1) is 22.3. The second-order valence-electron chi connectivity index (χ2n) is 13.5. The normalized spacial score (nSPS) is 24.7. The van der Waals surface area contributed by atoms with E-state index in [1.807, 2.05) is 50.2 Å². The fraction of sp³-hybridized carbons (Fsp3) is 0.472. The van der Waals surface area contributed by atoms with Crippen molar-refractivity contribution in [1.82, 2.24) is 15.2 Å². The zero-order valence-corrected chi connectivity index (χ0v) is 26.8. The van der Waals surface area contributed by atoms with Crippen LogP contribution in [0.25, 0.3) is 22.4 Å². The highest BCUT2D eigenvalue weighted by Crippen LogP contribution is 2.58. The van der Waals surface area contributed by atoms with Gasteiger partial charge in [-0.25, -0.2) is 9.78 Å². The average molecular weight is 652 g/mol. The van der Waals surface area contributed by atoms with Crippen LogP contribution in [0.4, 0.5) is 18.0 Å². The first-order valence-corrected chi connectivity index (χ1v) is 16.1. The molecule has 1 heterocycles. The molecule has 1 amide bonds. The third-order valence-corrected chi connectivity index (χ3v) is 10.0. The second-order valence-corrected chi connectivity index (χ2v) is 13.5. The Balaban J connectivity index is 1.40. The van der Waals surface area contributed by atoms with Crippen LogP contribution in [0.15, 0.2) is 54.6 Å². The molecule has 11 heteroatoms. The molecule has 4 aliphatic rings. The van der Waals surface area contributed by atoms with E-state index >= 15 is 0 Å². The number of carboxylic acid groups (broad SMARTS) is 1. The van der Waals surface area contributed by atoms with Gasteiger partial charge in [0.15, 0.2) is 5.72 Å². The van der Waals surface area contributed by atoms with Gasteiger partial charge in [0.05, 0.1) is 17.9 Å². The lowest BCUT2D eigenvalue weighted by molar-refractivity contribution is -0.191. The van der Waals surface area contributed by atoms with E-state index in [2.05, 4.69) is 5.32 Å². The first kappa shape index (κ1) is 32.8. The van der Waals surface area contributed by atoms with Gasteiger partial charge in [-0.15, -0.1) is 0 Å². The summed E-state index contributed by atoms with van der Waals surface area (Å²) in [5, 5.41) is 12.7. The van der Waals surface area contributed by atoms with Crippen molar-refractivity contribution in [2.24, 2.45) is 23.7 Å². The van der Waals surface area contributed by atoms with Crippen LogP contribution in [0, 0.1) is 30.6 Å². The highest BCUT2D eigenvalue weighted by Gasteiger charge is 2.61. The number of nitrogens with zero attached hydrogens (tertiary/aromatic N) is 2. The Morgan fingerprint density at radius 3 is 2.28 bits per heavy atom. The molecule has 1 aromatic heterocycles. The van der Waals surface area contributed by atoms with Crippen molar-refractivity contribution >= 4 is 12.1 Å². The van der Waals surface area contributed by atoms with Crippen LogP contribution < -0.4 is 10.1 Å². The third-order valence-electron chi connectivity index (χ3n) is 10.0. The number of amides is 1. The highest BCUT2D eigenvalue weighted by molar-refractivity contribution is 5.95. The molecule has 250 valence electrons. The lowest BCUT2D eigenvalue weighted by Gasteiger charge is -2.59. The van der Waals surface area contributed by atoms with Gasteiger partial charge in [0.25, 0.3) is 5.91 Å². The number of benzene rings is 2. The molecule has 4 fully saturated rings. The largest absolute Gasteiger partial charge is 0.507 e. The maximum Gasteiger partial charge on any atom is 0.507 e. The molecule has 4 aliphatic carbocycles. The van der Waals surface area contributed by atoms with Crippen LogP contribution in [-0.4, -0.2) is 60.0 Å². The van der Waals surface area contributed by atoms with E-state index < -0.39 is 29.5 Å². The molecule has 0 saturated heterocycles. The average Bonchev–Trinajstić information content (AvgIpc) is 3.00. The highest BCUT2D eigenvalue weighted by atomic mass is 19.4. The topological polar surface area (TPSA) is 101 Å². The Kier molecular flexibility index (Phi) is 8.95. The minimum atomic E-state index is -4.64. The Hall–Kier alpha value is -4.12. The second kappa shape index (κ2) is 12.8. The van der Waals surface area contributed by atoms with E-state index in [1.165, 1.54) is 12.1 Å². The standard InChI is InChI=1S/C36H40F3N3O5/c1-21-7-4-5-8-27(21)28-10-12-30(33(43)41-35(47-34(44)45)25-16-22-15-23(18-25)19-26(35)17-22)40-32(28)24-9-11-29(36(37,38)39)31(20-24)46-14-6-13-42(2)3/h4-5,7-12,20,22-23,25-26H,6,13-19H2,1-3H3,(H,41,43)(H,44,45). The van der Waals surface area contributed by atoms with Crippen LogP contribution in [0.2, 0.25) is 0 Å². The van der Waals surface area contributed by atoms with Crippen molar-refractivity contribution in [3.63, 3.8) is 0 Å². The third kappa shape index (κ3) is 6.68. The summed E-state index contributed by atoms with van der Waals surface area (Å²) in [4.78, 5) is 32.6. The Morgan fingerprint density at radius 1 is 0.979 bits per heavy atom. The number of hydrogen-bond acceptors (Lipinski definition) is 6. The summed E-state index contributed by atoms with van der Waals surface area (Å²) >= 11 is 0. The van der Waals surface area contributed by atoms with Gasteiger partial charge in [0.1, 0.15) is 11.4 Å². The van der Waals surface area contributed by atoms with Crippen LogP contribution >= 0.6 is 0 Å². The molecule has 8 nitrogen and oxygen atoms in total. The van der Waals surface area contributed by atoms with E-state index in [0.717, 1.165) is 49.3 Å². The molecule has 0 atom stereocenters. The summed E-state index contributed by atoms with van der Waals surface area (Å²) in [5.74, 6) is -0.181. The summed E-state index contributed by atoms with van der Waals surface area (Å²) in [6.07, 6.45) is -1.28. The lowest BCUT2D eigenvalue weighted by Crippen LogP contribution is -2.68. The lowest BCUT2D eigenvalue weighted by atomic mass is 9.52. The molecule has 3 aromatic rings. The molecule has 0 unspecified atom stereocenters. The fourth-order valence-electron chi connectivity index (χ4n) is 8.15. The van der Waals surface area contributed by atoms with E-state index in [-0.39, 0.29) is 29.9 Å². The molecular formula is C36H40F3N3O5. The van der Waals surface area contributed by atoms with Crippen molar-refractivity contribution in [3.05, 3.63) is 71.4 Å². The number of pyridine rings is 1. The van der Waals surface area contributed by atoms with Gasteiger partial charge in [-0.3, -0.25) is 4.79 Å². The van der Waals surface area contributed by atoms with Gasteiger partial charge in [0, 0.05) is 29.5 Å². The van der Waals surface area contributed by atoms with Crippen LogP contribution in [-0.2, 0) is 10.9 Å². The minimum Gasteiger partial charge on any atom is -0.493 e. The smallest absolute Gasteiger partial charge is 0.493 e. The number of hydrogen-bond donors (Lipinski definition) is 2. The van der Waals surface area contributed by atoms with E-state index in [0.29, 0.717) is 41.6 Å². The maximum atomic E-state index is 14.0. The number of aromatic nitrogens is 1. The van der Waals surface area contributed by atoms with E-state index in [4.69, 9.17) is 14.5 Å². The number of alkyl halides is 3. The van der Waals surface area contributed by atoms with Gasteiger partial charge in [0.2, 0.25) is 0 Å². The van der Waals surface area contributed by atoms with Gasteiger partial charge >= 0.3 is 12.3 Å².